The Morgan fingerprint density at radius 1 is 1.17 bits per heavy atom. The van der Waals surface area contributed by atoms with Gasteiger partial charge in [0, 0.05) is 5.75 Å². The number of furan rings is 1. The Labute approximate surface area is 143 Å². The first kappa shape index (κ1) is 16.1. The maximum atomic E-state index is 11.0. The molecule has 0 spiro atoms. The third kappa shape index (κ3) is 4.36. The molecule has 0 aliphatic rings. The molecule has 0 saturated heterocycles. The second-order valence-corrected chi connectivity index (χ2v) is 6.00. The van der Waals surface area contributed by atoms with Gasteiger partial charge in [0.05, 0.1) is 18.9 Å². The molecule has 7 heteroatoms. The number of rotatable bonds is 7. The minimum Gasteiger partial charge on any atom is -0.454 e. The lowest BCUT2D eigenvalue weighted by Gasteiger charge is -2.05. The number of hydrogen-bond acceptors (Lipinski definition) is 6. The van der Waals surface area contributed by atoms with Crippen molar-refractivity contribution < 1.29 is 9.21 Å². The molecule has 24 heavy (non-hydrogen) atoms. The summed E-state index contributed by atoms with van der Waals surface area (Å²) in [6.45, 7) is 0.398. The zero-order chi connectivity index (χ0) is 16.8. The predicted molar refractivity (Wildman–Crippen MR) is 92.6 cm³/mol. The molecule has 0 aliphatic heterocycles. The van der Waals surface area contributed by atoms with Gasteiger partial charge in [-0.25, -0.2) is 4.98 Å². The zero-order valence-corrected chi connectivity index (χ0v) is 13.6. The summed E-state index contributed by atoms with van der Waals surface area (Å²) in [7, 11) is 0. The van der Waals surface area contributed by atoms with E-state index >= 15 is 0 Å². The first-order valence-corrected chi connectivity index (χ1v) is 8.30. The minimum absolute atomic E-state index is 0.144. The Morgan fingerprint density at radius 3 is 2.75 bits per heavy atom. The van der Waals surface area contributed by atoms with Crippen LogP contribution in [0.25, 0.3) is 0 Å². The van der Waals surface area contributed by atoms with Crippen molar-refractivity contribution in [2.75, 3.05) is 5.32 Å². The fourth-order valence-corrected chi connectivity index (χ4v) is 2.82. The highest BCUT2D eigenvalue weighted by molar-refractivity contribution is 7.98. The second-order valence-electron chi connectivity index (χ2n) is 5.00. The number of nitrogens with zero attached hydrogens (tertiary/aromatic N) is 2. The lowest BCUT2D eigenvalue weighted by atomic mass is 10.2. The highest BCUT2D eigenvalue weighted by atomic mass is 32.2. The molecule has 0 unspecified atom stereocenters. The summed E-state index contributed by atoms with van der Waals surface area (Å²) in [5.74, 6) is 1.64. The standard InChI is InChI=1S/C17H16N4O2S/c18-17(22)14-7-6-13(23-14)8-20-15-9-19-10-16(21-15)24-11-12-4-2-1-3-5-12/h1-7,9-10H,8,11H2,(H2,18,22)(H,20,21). The summed E-state index contributed by atoms with van der Waals surface area (Å²) in [6, 6.07) is 13.4. The number of primary amides is 1. The Morgan fingerprint density at radius 2 is 2.00 bits per heavy atom. The van der Waals surface area contributed by atoms with E-state index < -0.39 is 5.91 Å². The quantitative estimate of drug-likeness (QED) is 0.642. The van der Waals surface area contributed by atoms with E-state index in [-0.39, 0.29) is 5.76 Å². The van der Waals surface area contributed by atoms with Gasteiger partial charge in [0.25, 0.3) is 5.91 Å². The number of carbonyl (C=O) groups excluding carboxylic acids is 1. The van der Waals surface area contributed by atoms with Crippen LogP contribution in [-0.2, 0) is 12.3 Å². The first-order chi connectivity index (χ1) is 11.7. The summed E-state index contributed by atoms with van der Waals surface area (Å²) < 4.78 is 5.31. The molecule has 0 radical (unpaired) electrons. The van der Waals surface area contributed by atoms with Crippen LogP contribution in [0.1, 0.15) is 21.9 Å². The van der Waals surface area contributed by atoms with Crippen molar-refractivity contribution in [2.45, 2.75) is 17.3 Å². The molecule has 3 rings (SSSR count). The van der Waals surface area contributed by atoms with E-state index in [4.69, 9.17) is 10.2 Å². The molecule has 3 aromatic rings. The number of aromatic nitrogens is 2. The number of hydrogen-bond donors (Lipinski definition) is 2. The molecule has 0 fully saturated rings. The molecule has 122 valence electrons. The van der Waals surface area contributed by atoms with Crippen LogP contribution in [0.4, 0.5) is 5.82 Å². The predicted octanol–water partition coefficient (Wildman–Crippen LogP) is 3.07. The molecule has 0 aliphatic carbocycles. The number of nitrogens with two attached hydrogens (primary N) is 1. The van der Waals surface area contributed by atoms with Gasteiger partial charge in [-0.15, -0.1) is 11.8 Å². The molecule has 3 N–H and O–H groups in total. The third-order valence-electron chi connectivity index (χ3n) is 3.19. The number of benzene rings is 1. The summed E-state index contributed by atoms with van der Waals surface area (Å²) in [5, 5.41) is 3.95. The molecule has 6 nitrogen and oxygen atoms in total. The van der Waals surface area contributed by atoms with Crippen molar-refractivity contribution in [2.24, 2.45) is 5.73 Å². The molecular formula is C17H16N4O2S. The van der Waals surface area contributed by atoms with Gasteiger partial charge in [0.1, 0.15) is 16.6 Å². The van der Waals surface area contributed by atoms with Gasteiger partial charge >= 0.3 is 0 Å². The Bertz CT molecular complexity index is 820. The van der Waals surface area contributed by atoms with Crippen molar-refractivity contribution in [3.8, 4) is 0 Å². The van der Waals surface area contributed by atoms with Crippen molar-refractivity contribution in [1.82, 2.24) is 9.97 Å². The van der Waals surface area contributed by atoms with Crippen molar-refractivity contribution in [3.63, 3.8) is 0 Å². The van der Waals surface area contributed by atoms with Gasteiger partial charge < -0.3 is 15.5 Å². The molecule has 0 saturated carbocycles. The number of nitrogens with one attached hydrogen (secondary N) is 1. The SMILES string of the molecule is NC(=O)c1ccc(CNc2cncc(SCc3ccccc3)n2)o1. The van der Waals surface area contributed by atoms with Crippen LogP contribution in [0.5, 0.6) is 0 Å². The van der Waals surface area contributed by atoms with Crippen molar-refractivity contribution in [1.29, 1.82) is 0 Å². The van der Waals surface area contributed by atoms with E-state index in [2.05, 4.69) is 27.4 Å². The van der Waals surface area contributed by atoms with E-state index in [1.165, 1.54) is 5.56 Å². The van der Waals surface area contributed by atoms with Crippen LogP contribution >= 0.6 is 11.8 Å². The van der Waals surface area contributed by atoms with Crippen LogP contribution in [0.15, 0.2) is 64.3 Å². The van der Waals surface area contributed by atoms with Crippen LogP contribution in [-0.4, -0.2) is 15.9 Å². The van der Waals surface area contributed by atoms with E-state index in [0.29, 0.717) is 18.1 Å². The molecule has 0 bridgehead atoms. The summed E-state index contributed by atoms with van der Waals surface area (Å²) >= 11 is 1.62. The van der Waals surface area contributed by atoms with Gasteiger partial charge in [-0.2, -0.15) is 0 Å². The van der Waals surface area contributed by atoms with Gasteiger partial charge in [-0.1, -0.05) is 30.3 Å². The summed E-state index contributed by atoms with van der Waals surface area (Å²) in [5.41, 5.74) is 6.39. The molecule has 1 aromatic carbocycles. The summed E-state index contributed by atoms with van der Waals surface area (Å²) in [6.07, 6.45) is 3.38. The van der Waals surface area contributed by atoms with Gasteiger partial charge in [-0.05, 0) is 17.7 Å². The maximum absolute atomic E-state index is 11.0. The van der Waals surface area contributed by atoms with E-state index in [1.807, 2.05) is 18.2 Å². The van der Waals surface area contributed by atoms with Crippen LogP contribution in [0.2, 0.25) is 0 Å². The Kier molecular flexibility index (Phi) is 5.12. The normalized spacial score (nSPS) is 10.5. The molecule has 2 aromatic heterocycles. The van der Waals surface area contributed by atoms with Gasteiger partial charge in [-0.3, -0.25) is 9.78 Å². The maximum Gasteiger partial charge on any atom is 0.284 e. The Balaban J connectivity index is 1.57. The van der Waals surface area contributed by atoms with Crippen molar-refractivity contribution in [3.05, 3.63) is 71.9 Å². The van der Waals surface area contributed by atoms with Crippen molar-refractivity contribution >= 4 is 23.5 Å². The molecule has 2 heterocycles. The monoisotopic (exact) mass is 340 g/mol. The van der Waals surface area contributed by atoms with Crippen LogP contribution in [0, 0.1) is 0 Å². The van der Waals surface area contributed by atoms with Gasteiger partial charge in [0.2, 0.25) is 0 Å². The lowest BCUT2D eigenvalue weighted by molar-refractivity contribution is 0.0972. The van der Waals surface area contributed by atoms with E-state index in [9.17, 15) is 4.79 Å². The van der Waals surface area contributed by atoms with E-state index in [1.54, 1.807) is 36.3 Å². The number of carbonyl (C=O) groups is 1. The fraction of sp³-hybridized carbons (Fsp3) is 0.118. The molecular weight excluding hydrogens is 324 g/mol. The fourth-order valence-electron chi connectivity index (χ4n) is 2.02. The number of amides is 1. The smallest absolute Gasteiger partial charge is 0.284 e. The molecule has 0 atom stereocenters. The number of thioether (sulfide) groups is 1. The Hall–Kier alpha value is -2.80. The highest BCUT2D eigenvalue weighted by Gasteiger charge is 2.07. The van der Waals surface area contributed by atoms with E-state index in [0.717, 1.165) is 10.8 Å². The minimum atomic E-state index is -0.583. The molecule has 1 amide bonds. The first-order valence-electron chi connectivity index (χ1n) is 7.32. The largest absolute Gasteiger partial charge is 0.454 e. The third-order valence-corrected chi connectivity index (χ3v) is 4.16. The topological polar surface area (TPSA) is 94.0 Å². The second kappa shape index (κ2) is 7.65. The average Bonchev–Trinajstić information content (AvgIpc) is 3.09. The lowest BCUT2D eigenvalue weighted by Crippen LogP contribution is -2.09. The zero-order valence-electron chi connectivity index (χ0n) is 12.8. The average molecular weight is 340 g/mol. The van der Waals surface area contributed by atoms with Crippen LogP contribution in [0.3, 0.4) is 0 Å². The van der Waals surface area contributed by atoms with Gasteiger partial charge in [0.15, 0.2) is 5.76 Å². The highest BCUT2D eigenvalue weighted by Crippen LogP contribution is 2.21. The summed E-state index contributed by atoms with van der Waals surface area (Å²) in [4.78, 5) is 19.7. The number of anilines is 1. The van der Waals surface area contributed by atoms with Crippen LogP contribution < -0.4 is 11.1 Å².